The first-order chi connectivity index (χ1) is 25.8. The Kier molecular flexibility index (Phi) is 6.25. The Hall–Kier alpha value is -6.98. The second-order valence-electron chi connectivity index (χ2n) is 13.3. The van der Waals surface area contributed by atoms with Crippen LogP contribution in [0, 0.1) is 0 Å². The molecular weight excluding hydrogens is 639 g/mol. The lowest BCUT2D eigenvalue weighted by Crippen LogP contribution is -2.33. The Balaban J connectivity index is 1.14. The van der Waals surface area contributed by atoms with Gasteiger partial charge in [-0.2, -0.15) is 0 Å². The molecule has 8 aromatic carbocycles. The molecule has 2 aromatic heterocycles. The molecular formula is C47H29N3O2. The van der Waals surface area contributed by atoms with Gasteiger partial charge in [-0.3, -0.25) is 0 Å². The van der Waals surface area contributed by atoms with Crippen molar-refractivity contribution in [3.05, 3.63) is 180 Å². The number of rotatable bonds is 4. The van der Waals surface area contributed by atoms with Crippen molar-refractivity contribution in [1.29, 1.82) is 0 Å². The third kappa shape index (κ3) is 4.42. The van der Waals surface area contributed by atoms with Crippen molar-refractivity contribution in [3.63, 3.8) is 0 Å². The van der Waals surface area contributed by atoms with E-state index in [-0.39, 0.29) is 6.17 Å². The molecule has 0 saturated carbocycles. The topological polar surface area (TPSA) is 63.0 Å². The van der Waals surface area contributed by atoms with Crippen LogP contribution in [0.15, 0.2) is 183 Å². The maximum atomic E-state index is 6.59. The number of hydrogen-bond donors (Lipinski definition) is 1. The molecule has 5 nitrogen and oxygen atoms in total. The standard InChI is InChI=1S/C47H29N3O2/c1-2-12-30(13-3-1)45-48-46(31-26-25-29-24-23-28-11-4-5-14-32(28)38(29)27-31)50-47(49-45)37-19-10-22-41-43(37)42-34(16-9-21-40(42)51-41)36-18-8-17-35-33-15-6-7-20-39(33)52-44(35)36/h1-27,45H,(H,48,49,50). The molecule has 0 aliphatic carbocycles. The molecule has 0 radical (unpaired) electrons. The van der Waals surface area contributed by atoms with E-state index in [1.165, 1.54) is 21.5 Å². The van der Waals surface area contributed by atoms with Gasteiger partial charge in [-0.1, -0.05) is 140 Å². The molecule has 0 saturated heterocycles. The van der Waals surface area contributed by atoms with Crippen molar-refractivity contribution in [3.8, 4) is 11.1 Å². The van der Waals surface area contributed by atoms with Crippen molar-refractivity contribution in [2.75, 3.05) is 0 Å². The fourth-order valence-electron chi connectivity index (χ4n) is 7.91. The number of aliphatic imine (C=N–C) groups is 2. The fraction of sp³-hybridized carbons (Fsp3) is 0.0213. The molecule has 52 heavy (non-hydrogen) atoms. The highest BCUT2D eigenvalue weighted by molar-refractivity contribution is 6.25. The van der Waals surface area contributed by atoms with Crippen LogP contribution in [0.4, 0.5) is 0 Å². The molecule has 0 amide bonds. The minimum Gasteiger partial charge on any atom is -0.456 e. The van der Waals surface area contributed by atoms with Gasteiger partial charge in [0.2, 0.25) is 0 Å². The second-order valence-corrected chi connectivity index (χ2v) is 13.3. The van der Waals surface area contributed by atoms with Crippen molar-refractivity contribution < 1.29 is 8.83 Å². The van der Waals surface area contributed by atoms with E-state index in [0.29, 0.717) is 5.84 Å². The van der Waals surface area contributed by atoms with Crippen molar-refractivity contribution in [2.45, 2.75) is 6.17 Å². The maximum absolute atomic E-state index is 6.59. The first-order valence-electron chi connectivity index (χ1n) is 17.5. The van der Waals surface area contributed by atoms with Gasteiger partial charge in [-0.05, 0) is 56.9 Å². The Morgan fingerprint density at radius 2 is 1.10 bits per heavy atom. The van der Waals surface area contributed by atoms with Crippen LogP contribution >= 0.6 is 0 Å². The third-order valence-corrected chi connectivity index (χ3v) is 10.3. The average Bonchev–Trinajstić information content (AvgIpc) is 3.80. The highest BCUT2D eigenvalue weighted by Crippen LogP contribution is 2.43. The molecule has 11 rings (SSSR count). The van der Waals surface area contributed by atoms with Crippen LogP contribution in [0.3, 0.4) is 0 Å². The van der Waals surface area contributed by atoms with Gasteiger partial charge in [0.25, 0.3) is 0 Å². The van der Waals surface area contributed by atoms with E-state index in [1.54, 1.807) is 0 Å². The first kappa shape index (κ1) is 28.8. The number of benzene rings is 8. The lowest BCUT2D eigenvalue weighted by molar-refractivity contribution is 0.667. The van der Waals surface area contributed by atoms with E-state index in [0.717, 1.165) is 77.5 Å². The second kappa shape index (κ2) is 11.3. The van der Waals surface area contributed by atoms with Crippen LogP contribution in [0.5, 0.6) is 0 Å². The Labute approximate surface area is 298 Å². The molecule has 5 heteroatoms. The summed E-state index contributed by atoms with van der Waals surface area (Å²) in [4.78, 5) is 10.5. The zero-order valence-electron chi connectivity index (χ0n) is 27.9. The summed E-state index contributed by atoms with van der Waals surface area (Å²) in [5.74, 6) is 1.41. The lowest BCUT2D eigenvalue weighted by atomic mass is 9.95. The molecule has 1 N–H and O–H groups in total. The summed E-state index contributed by atoms with van der Waals surface area (Å²) in [6, 6.07) is 56.8. The van der Waals surface area contributed by atoms with Crippen molar-refractivity contribution in [2.24, 2.45) is 9.98 Å². The van der Waals surface area contributed by atoms with Gasteiger partial charge in [0.15, 0.2) is 5.84 Å². The number of hydrogen-bond acceptors (Lipinski definition) is 5. The minimum atomic E-state index is -0.343. The highest BCUT2D eigenvalue weighted by atomic mass is 16.3. The number of nitrogens with one attached hydrogen (secondary N) is 1. The fourth-order valence-corrected chi connectivity index (χ4v) is 7.91. The molecule has 1 atom stereocenters. The smallest absolute Gasteiger partial charge is 0.159 e. The Morgan fingerprint density at radius 3 is 1.96 bits per heavy atom. The van der Waals surface area contributed by atoms with Crippen LogP contribution in [0.2, 0.25) is 0 Å². The summed E-state index contributed by atoms with van der Waals surface area (Å²) in [5.41, 5.74) is 8.35. The molecule has 3 heterocycles. The molecule has 10 aromatic rings. The van der Waals surface area contributed by atoms with Crippen LogP contribution in [-0.2, 0) is 0 Å². The quantitative estimate of drug-likeness (QED) is 0.190. The van der Waals surface area contributed by atoms with Crippen molar-refractivity contribution in [1.82, 2.24) is 5.32 Å². The van der Waals surface area contributed by atoms with Crippen LogP contribution in [0.25, 0.3) is 76.5 Å². The van der Waals surface area contributed by atoms with Gasteiger partial charge in [0, 0.05) is 38.2 Å². The van der Waals surface area contributed by atoms with Gasteiger partial charge in [-0.15, -0.1) is 0 Å². The molecule has 0 fully saturated rings. The van der Waals surface area contributed by atoms with E-state index >= 15 is 0 Å². The Bertz CT molecular complexity index is 3110. The predicted octanol–water partition coefficient (Wildman–Crippen LogP) is 12.0. The monoisotopic (exact) mass is 667 g/mol. The molecule has 244 valence electrons. The summed E-state index contributed by atoms with van der Waals surface area (Å²) >= 11 is 0. The van der Waals surface area contributed by atoms with Crippen LogP contribution < -0.4 is 5.32 Å². The summed E-state index contributed by atoms with van der Waals surface area (Å²) in [7, 11) is 0. The van der Waals surface area contributed by atoms with E-state index in [9.17, 15) is 0 Å². The summed E-state index contributed by atoms with van der Waals surface area (Å²) < 4.78 is 13.1. The van der Waals surface area contributed by atoms with Gasteiger partial charge in [0.1, 0.15) is 34.3 Å². The first-order valence-corrected chi connectivity index (χ1v) is 17.5. The molecule has 0 spiro atoms. The molecule has 1 unspecified atom stereocenters. The lowest BCUT2D eigenvalue weighted by Gasteiger charge is -2.24. The number of amidine groups is 2. The van der Waals surface area contributed by atoms with E-state index in [2.05, 4.69) is 133 Å². The summed E-state index contributed by atoms with van der Waals surface area (Å²) in [6.07, 6.45) is -0.343. The largest absolute Gasteiger partial charge is 0.456 e. The van der Waals surface area contributed by atoms with E-state index < -0.39 is 0 Å². The normalized spacial score (nSPS) is 14.7. The summed E-state index contributed by atoms with van der Waals surface area (Å²) in [6.45, 7) is 0. The van der Waals surface area contributed by atoms with Crippen LogP contribution in [-0.4, -0.2) is 11.7 Å². The van der Waals surface area contributed by atoms with Crippen LogP contribution in [0.1, 0.15) is 22.9 Å². The third-order valence-electron chi connectivity index (χ3n) is 10.3. The maximum Gasteiger partial charge on any atom is 0.159 e. The summed E-state index contributed by atoms with van der Waals surface area (Å²) in [5, 5.41) is 12.7. The van der Waals surface area contributed by atoms with Gasteiger partial charge < -0.3 is 14.2 Å². The Morgan fingerprint density at radius 1 is 0.462 bits per heavy atom. The number of fused-ring (bicyclic) bond motifs is 9. The zero-order chi connectivity index (χ0) is 34.2. The highest BCUT2D eigenvalue weighted by Gasteiger charge is 2.25. The molecule has 1 aliphatic rings. The van der Waals surface area contributed by atoms with Gasteiger partial charge in [-0.25, -0.2) is 9.98 Å². The minimum absolute atomic E-state index is 0.343. The predicted molar refractivity (Wildman–Crippen MR) is 213 cm³/mol. The molecule has 0 bridgehead atoms. The van der Waals surface area contributed by atoms with Crippen molar-refractivity contribution >= 4 is 77.1 Å². The van der Waals surface area contributed by atoms with Gasteiger partial charge in [0.05, 0.1) is 0 Å². The zero-order valence-corrected chi connectivity index (χ0v) is 27.9. The number of nitrogens with zero attached hydrogens (tertiary/aromatic N) is 2. The van der Waals surface area contributed by atoms with E-state index in [4.69, 9.17) is 18.8 Å². The number of para-hydroxylation sites is 2. The van der Waals surface area contributed by atoms with Gasteiger partial charge >= 0.3 is 0 Å². The van der Waals surface area contributed by atoms with E-state index in [1.807, 2.05) is 36.4 Å². The molecule has 1 aliphatic heterocycles. The average molecular weight is 668 g/mol. The SMILES string of the molecule is c1ccc(C2N=C(c3ccc4ccc5ccccc5c4c3)N=C(c3cccc4oc5cccc(-c6cccc7c6oc6ccccc67)c5c34)N2)cc1. The number of furan rings is 2.